The molecule has 3 nitrogen and oxygen atoms in total. The molecule has 0 bridgehead atoms. The van der Waals surface area contributed by atoms with Crippen LogP contribution in [0.25, 0.3) is 0 Å². The highest BCUT2D eigenvalue weighted by Crippen LogP contribution is 2.33. The third-order valence-electron chi connectivity index (χ3n) is 3.85. The Morgan fingerprint density at radius 3 is 2.25 bits per heavy atom. The van der Waals surface area contributed by atoms with Crippen LogP contribution in [0.5, 0.6) is 0 Å². The molecule has 1 heterocycles. The Kier molecular flexibility index (Phi) is 4.22. The molecule has 2 N–H and O–H groups in total. The zero-order chi connectivity index (χ0) is 11.4. The van der Waals surface area contributed by atoms with E-state index in [2.05, 4.69) is 0 Å². The molecule has 3 heteroatoms. The first kappa shape index (κ1) is 11.9. The highest BCUT2D eigenvalue weighted by atomic mass is 16.2. The Morgan fingerprint density at radius 2 is 1.69 bits per heavy atom. The smallest absolute Gasteiger partial charge is 0.224 e. The van der Waals surface area contributed by atoms with Crippen LogP contribution in [0.3, 0.4) is 0 Å². The molecule has 0 spiro atoms. The van der Waals surface area contributed by atoms with Crippen LogP contribution in [0.4, 0.5) is 0 Å². The van der Waals surface area contributed by atoms with Gasteiger partial charge < -0.3 is 10.6 Å². The molecule has 2 aliphatic rings. The van der Waals surface area contributed by atoms with E-state index < -0.39 is 0 Å². The molecule has 0 radical (unpaired) electrons. The average Bonchev–Trinajstić information content (AvgIpc) is 2.99. The highest BCUT2D eigenvalue weighted by Gasteiger charge is 2.30. The summed E-state index contributed by atoms with van der Waals surface area (Å²) in [6.45, 7) is 1.91. The first-order valence-electron chi connectivity index (χ1n) is 6.81. The van der Waals surface area contributed by atoms with Gasteiger partial charge in [0.1, 0.15) is 0 Å². The van der Waals surface area contributed by atoms with Gasteiger partial charge in [0.15, 0.2) is 0 Å². The summed E-state index contributed by atoms with van der Waals surface area (Å²) in [6.07, 6.45) is 9.27. The van der Waals surface area contributed by atoms with Crippen LogP contribution >= 0.6 is 0 Å². The summed E-state index contributed by atoms with van der Waals surface area (Å²) in [6, 6.07) is 0.123. The maximum atomic E-state index is 12.1. The van der Waals surface area contributed by atoms with Crippen molar-refractivity contribution in [2.75, 3.05) is 13.1 Å². The van der Waals surface area contributed by atoms with Crippen LogP contribution in [0.15, 0.2) is 0 Å². The topological polar surface area (TPSA) is 46.3 Å². The summed E-state index contributed by atoms with van der Waals surface area (Å²) in [5, 5.41) is 0. The molecule has 1 aliphatic heterocycles. The van der Waals surface area contributed by atoms with Crippen molar-refractivity contribution in [2.24, 2.45) is 11.7 Å². The monoisotopic (exact) mass is 224 g/mol. The Hall–Kier alpha value is -0.570. The molecule has 0 aromatic rings. The third-order valence-corrected chi connectivity index (χ3v) is 3.85. The number of amides is 1. The summed E-state index contributed by atoms with van der Waals surface area (Å²) in [7, 11) is 0. The minimum Gasteiger partial charge on any atom is -0.343 e. The molecule has 1 saturated carbocycles. The number of likely N-dealkylation sites (tertiary alicyclic amines) is 1. The molecule has 0 aromatic heterocycles. The number of nitrogens with two attached hydrogens (primary N) is 1. The second-order valence-electron chi connectivity index (χ2n) is 5.35. The van der Waals surface area contributed by atoms with Crippen molar-refractivity contribution in [3.8, 4) is 0 Å². The Bertz CT molecular complexity index is 230. The minimum atomic E-state index is 0.123. The molecule has 2 fully saturated rings. The molecule has 1 saturated heterocycles. The van der Waals surface area contributed by atoms with Crippen molar-refractivity contribution in [1.29, 1.82) is 0 Å². The van der Waals surface area contributed by atoms with E-state index in [9.17, 15) is 4.79 Å². The van der Waals surface area contributed by atoms with Gasteiger partial charge in [-0.25, -0.2) is 0 Å². The van der Waals surface area contributed by atoms with Gasteiger partial charge in [0.05, 0.1) is 0 Å². The van der Waals surface area contributed by atoms with Gasteiger partial charge in [0, 0.05) is 25.6 Å². The predicted molar refractivity (Wildman–Crippen MR) is 65.0 cm³/mol. The van der Waals surface area contributed by atoms with Crippen LogP contribution in [0, 0.1) is 5.92 Å². The van der Waals surface area contributed by atoms with Gasteiger partial charge in [-0.3, -0.25) is 4.79 Å². The summed E-state index contributed by atoms with van der Waals surface area (Å²) in [5.74, 6) is 0.931. The van der Waals surface area contributed by atoms with Crippen molar-refractivity contribution >= 4 is 5.91 Å². The Labute approximate surface area is 98.4 Å². The second-order valence-corrected chi connectivity index (χ2v) is 5.35. The molecule has 1 atom stereocenters. The standard InChI is InChI=1S/C13H24N2O/c14-12(11-6-7-11)10-13(16)15-8-4-2-1-3-5-9-15/h11-12H,1-10,14H2. The van der Waals surface area contributed by atoms with E-state index in [1.807, 2.05) is 4.90 Å². The lowest BCUT2D eigenvalue weighted by Crippen LogP contribution is -2.38. The van der Waals surface area contributed by atoms with Gasteiger partial charge in [-0.2, -0.15) is 0 Å². The van der Waals surface area contributed by atoms with Crippen LogP contribution in [0.2, 0.25) is 0 Å². The summed E-state index contributed by atoms with van der Waals surface area (Å²) >= 11 is 0. The molecule has 1 aliphatic carbocycles. The van der Waals surface area contributed by atoms with E-state index in [0.717, 1.165) is 13.1 Å². The fraction of sp³-hybridized carbons (Fsp3) is 0.923. The number of rotatable bonds is 3. The first-order valence-corrected chi connectivity index (χ1v) is 6.81. The summed E-state index contributed by atoms with van der Waals surface area (Å²) in [5.41, 5.74) is 6.01. The number of nitrogens with zero attached hydrogens (tertiary/aromatic N) is 1. The van der Waals surface area contributed by atoms with E-state index in [1.54, 1.807) is 0 Å². The van der Waals surface area contributed by atoms with Gasteiger partial charge in [-0.15, -0.1) is 0 Å². The lowest BCUT2D eigenvalue weighted by molar-refractivity contribution is -0.132. The van der Waals surface area contributed by atoms with Crippen LogP contribution < -0.4 is 5.73 Å². The maximum absolute atomic E-state index is 12.1. The lowest BCUT2D eigenvalue weighted by atomic mass is 10.1. The zero-order valence-corrected chi connectivity index (χ0v) is 10.2. The van der Waals surface area contributed by atoms with Crippen molar-refractivity contribution in [2.45, 2.75) is 57.4 Å². The molecule has 92 valence electrons. The Balaban J connectivity index is 1.76. The molecule has 1 unspecified atom stereocenters. The third kappa shape index (κ3) is 3.48. The number of hydrogen-bond donors (Lipinski definition) is 1. The van der Waals surface area contributed by atoms with E-state index in [-0.39, 0.29) is 6.04 Å². The summed E-state index contributed by atoms with van der Waals surface area (Å²) < 4.78 is 0. The SMILES string of the molecule is NC(CC(=O)N1CCCCCCC1)C1CC1. The van der Waals surface area contributed by atoms with Gasteiger partial charge in [-0.05, 0) is 31.6 Å². The average molecular weight is 224 g/mol. The Morgan fingerprint density at radius 1 is 1.12 bits per heavy atom. The predicted octanol–water partition coefficient (Wildman–Crippen LogP) is 1.91. The van der Waals surface area contributed by atoms with Gasteiger partial charge in [0.2, 0.25) is 5.91 Å². The van der Waals surface area contributed by atoms with Crippen LogP contribution in [0.1, 0.15) is 51.4 Å². The maximum Gasteiger partial charge on any atom is 0.224 e. The van der Waals surface area contributed by atoms with E-state index >= 15 is 0 Å². The van der Waals surface area contributed by atoms with Crippen molar-refractivity contribution in [1.82, 2.24) is 4.90 Å². The zero-order valence-electron chi connectivity index (χ0n) is 10.2. The van der Waals surface area contributed by atoms with Crippen LogP contribution in [-0.4, -0.2) is 29.9 Å². The van der Waals surface area contributed by atoms with Crippen molar-refractivity contribution in [3.63, 3.8) is 0 Å². The van der Waals surface area contributed by atoms with Crippen LogP contribution in [-0.2, 0) is 4.79 Å². The van der Waals surface area contributed by atoms with E-state index in [0.29, 0.717) is 18.2 Å². The number of hydrogen-bond acceptors (Lipinski definition) is 2. The van der Waals surface area contributed by atoms with Crippen molar-refractivity contribution in [3.05, 3.63) is 0 Å². The molecular formula is C13H24N2O. The highest BCUT2D eigenvalue weighted by molar-refractivity contribution is 5.76. The van der Waals surface area contributed by atoms with Gasteiger partial charge in [-0.1, -0.05) is 19.3 Å². The molecule has 16 heavy (non-hydrogen) atoms. The first-order chi connectivity index (χ1) is 7.77. The normalized spacial score (nSPS) is 24.7. The summed E-state index contributed by atoms with van der Waals surface area (Å²) in [4.78, 5) is 14.1. The molecule has 2 rings (SSSR count). The lowest BCUT2D eigenvalue weighted by Gasteiger charge is -2.26. The van der Waals surface area contributed by atoms with E-state index in [1.165, 1.54) is 44.9 Å². The second kappa shape index (κ2) is 5.67. The van der Waals surface area contributed by atoms with Crippen molar-refractivity contribution < 1.29 is 4.79 Å². The van der Waals surface area contributed by atoms with Gasteiger partial charge in [0.25, 0.3) is 0 Å². The molecule has 1 amide bonds. The fourth-order valence-electron chi connectivity index (χ4n) is 2.52. The van der Waals surface area contributed by atoms with Gasteiger partial charge >= 0.3 is 0 Å². The number of carbonyl (C=O) groups excluding carboxylic acids is 1. The quantitative estimate of drug-likeness (QED) is 0.796. The molecule has 0 aromatic carbocycles. The largest absolute Gasteiger partial charge is 0.343 e. The fourth-order valence-corrected chi connectivity index (χ4v) is 2.52. The number of carbonyl (C=O) groups is 1. The van der Waals surface area contributed by atoms with E-state index in [4.69, 9.17) is 5.73 Å². The minimum absolute atomic E-state index is 0.123. The molecular weight excluding hydrogens is 200 g/mol.